The van der Waals surface area contributed by atoms with Crippen LogP contribution in [-0.2, 0) is 10.2 Å². The summed E-state index contributed by atoms with van der Waals surface area (Å²) in [7, 11) is -4.34. The van der Waals surface area contributed by atoms with Gasteiger partial charge in [0.2, 0.25) is 0 Å². The van der Waals surface area contributed by atoms with Crippen molar-refractivity contribution in [3.63, 3.8) is 0 Å². The first-order valence-electron chi connectivity index (χ1n) is 4.67. The van der Waals surface area contributed by atoms with Crippen molar-refractivity contribution in [1.29, 1.82) is 5.26 Å². The SMILES string of the molecule is N#Cc1ccc(NS(=O)(=O)NCC(F)(F)F)c(Br)c1. The van der Waals surface area contributed by atoms with E-state index in [9.17, 15) is 21.6 Å². The molecule has 19 heavy (non-hydrogen) atoms. The zero-order valence-electron chi connectivity index (χ0n) is 9.12. The van der Waals surface area contributed by atoms with Gasteiger partial charge < -0.3 is 0 Å². The second-order valence-electron chi connectivity index (χ2n) is 3.35. The molecule has 0 aromatic heterocycles. The fourth-order valence-corrected chi connectivity index (χ4v) is 2.53. The van der Waals surface area contributed by atoms with E-state index in [1.54, 1.807) is 0 Å². The fraction of sp³-hybridized carbons (Fsp3) is 0.222. The summed E-state index contributed by atoms with van der Waals surface area (Å²) in [6.07, 6.45) is -4.64. The number of rotatable bonds is 4. The third-order valence-corrected chi connectivity index (χ3v) is 3.47. The Morgan fingerprint density at radius 3 is 2.47 bits per heavy atom. The number of anilines is 1. The third-order valence-electron chi connectivity index (χ3n) is 1.81. The van der Waals surface area contributed by atoms with Crippen molar-refractivity contribution in [3.05, 3.63) is 28.2 Å². The van der Waals surface area contributed by atoms with Gasteiger partial charge in [-0.15, -0.1) is 0 Å². The van der Waals surface area contributed by atoms with Crippen LogP contribution in [0.15, 0.2) is 22.7 Å². The molecule has 1 aromatic rings. The summed E-state index contributed by atoms with van der Waals surface area (Å²) >= 11 is 3.00. The summed E-state index contributed by atoms with van der Waals surface area (Å²) in [5, 5.41) is 8.61. The molecule has 0 unspecified atom stereocenters. The van der Waals surface area contributed by atoms with E-state index in [-0.39, 0.29) is 15.7 Å². The lowest BCUT2D eigenvalue weighted by atomic mass is 10.2. The van der Waals surface area contributed by atoms with Gasteiger partial charge in [0.05, 0.1) is 17.3 Å². The Hall–Kier alpha value is -1.31. The molecule has 0 aliphatic heterocycles. The van der Waals surface area contributed by atoms with Gasteiger partial charge in [0.15, 0.2) is 0 Å². The number of alkyl halides is 3. The quantitative estimate of drug-likeness (QED) is 0.865. The molecule has 0 atom stereocenters. The number of hydrogen-bond donors (Lipinski definition) is 2. The second kappa shape index (κ2) is 5.77. The number of benzene rings is 1. The van der Waals surface area contributed by atoms with E-state index in [4.69, 9.17) is 5.26 Å². The largest absolute Gasteiger partial charge is 0.402 e. The van der Waals surface area contributed by atoms with Crippen molar-refractivity contribution in [2.24, 2.45) is 0 Å². The molecule has 0 amide bonds. The van der Waals surface area contributed by atoms with E-state index >= 15 is 0 Å². The van der Waals surface area contributed by atoms with Crippen molar-refractivity contribution < 1.29 is 21.6 Å². The van der Waals surface area contributed by atoms with E-state index in [1.165, 1.54) is 22.9 Å². The highest BCUT2D eigenvalue weighted by molar-refractivity contribution is 9.10. The lowest BCUT2D eigenvalue weighted by molar-refractivity contribution is -0.121. The molecule has 5 nitrogen and oxygen atoms in total. The first kappa shape index (κ1) is 15.7. The summed E-state index contributed by atoms with van der Waals surface area (Å²) < 4.78 is 61.9. The summed E-state index contributed by atoms with van der Waals surface area (Å²) in [6, 6.07) is 5.75. The molecule has 1 aromatic carbocycles. The molecule has 2 N–H and O–H groups in total. The predicted octanol–water partition coefficient (Wildman–Crippen LogP) is 2.13. The average Bonchev–Trinajstić information content (AvgIpc) is 2.28. The highest BCUT2D eigenvalue weighted by Crippen LogP contribution is 2.24. The average molecular weight is 358 g/mol. The van der Waals surface area contributed by atoms with E-state index in [0.29, 0.717) is 0 Å². The molecule has 0 saturated carbocycles. The molecule has 0 heterocycles. The number of halogens is 4. The van der Waals surface area contributed by atoms with Crippen LogP contribution < -0.4 is 9.44 Å². The Morgan fingerprint density at radius 2 is 2.00 bits per heavy atom. The smallest absolute Gasteiger partial charge is 0.270 e. The fourth-order valence-electron chi connectivity index (χ4n) is 1.03. The van der Waals surface area contributed by atoms with Crippen molar-refractivity contribution in [2.45, 2.75) is 6.18 Å². The Kier molecular flexibility index (Phi) is 4.78. The first-order valence-corrected chi connectivity index (χ1v) is 6.94. The molecular weight excluding hydrogens is 351 g/mol. The van der Waals surface area contributed by atoms with Crippen LogP contribution in [0.25, 0.3) is 0 Å². The molecule has 0 spiro atoms. The summed E-state index contributed by atoms with van der Waals surface area (Å²) in [5.41, 5.74) is 0.298. The molecule has 0 fully saturated rings. The van der Waals surface area contributed by atoms with Crippen LogP contribution in [0.5, 0.6) is 0 Å². The van der Waals surface area contributed by atoms with E-state index in [2.05, 4.69) is 15.9 Å². The van der Waals surface area contributed by atoms with E-state index in [1.807, 2.05) is 10.8 Å². The predicted molar refractivity (Wildman–Crippen MR) is 65.5 cm³/mol. The van der Waals surface area contributed by atoms with Gasteiger partial charge >= 0.3 is 6.18 Å². The van der Waals surface area contributed by atoms with Crippen LogP contribution in [0.3, 0.4) is 0 Å². The minimum atomic E-state index is -4.64. The monoisotopic (exact) mass is 357 g/mol. The highest BCUT2D eigenvalue weighted by atomic mass is 79.9. The maximum absolute atomic E-state index is 11.9. The first-order chi connectivity index (χ1) is 8.63. The summed E-state index contributed by atoms with van der Waals surface area (Å²) in [6.45, 7) is -1.67. The minimum Gasteiger partial charge on any atom is -0.270 e. The normalized spacial score (nSPS) is 11.9. The maximum atomic E-state index is 11.9. The van der Waals surface area contributed by atoms with Crippen molar-refractivity contribution in [2.75, 3.05) is 11.3 Å². The molecule has 0 aliphatic rings. The zero-order chi connectivity index (χ0) is 14.7. The second-order valence-corrected chi connectivity index (χ2v) is 5.70. The van der Waals surface area contributed by atoms with Crippen LogP contribution in [0.1, 0.15) is 5.56 Å². The number of nitriles is 1. The molecule has 0 bridgehead atoms. The Balaban J connectivity index is 2.82. The van der Waals surface area contributed by atoms with Crippen LogP contribution in [0, 0.1) is 11.3 Å². The van der Waals surface area contributed by atoms with Crippen molar-refractivity contribution in [1.82, 2.24) is 4.72 Å². The maximum Gasteiger partial charge on any atom is 0.402 e. The van der Waals surface area contributed by atoms with E-state index < -0.39 is 22.9 Å². The van der Waals surface area contributed by atoms with Gasteiger partial charge in [-0.3, -0.25) is 4.72 Å². The number of nitrogens with one attached hydrogen (secondary N) is 2. The lowest BCUT2D eigenvalue weighted by Crippen LogP contribution is -2.37. The lowest BCUT2D eigenvalue weighted by Gasteiger charge is -2.12. The van der Waals surface area contributed by atoms with Gasteiger partial charge in [-0.2, -0.15) is 31.6 Å². The molecule has 1 rings (SSSR count). The van der Waals surface area contributed by atoms with Gasteiger partial charge in [0.25, 0.3) is 10.2 Å². The standard InChI is InChI=1S/C9H7BrF3N3O2S/c10-7-3-6(4-14)1-2-8(7)16-19(17,18)15-5-9(11,12)13/h1-3,15-16H,5H2. The number of nitrogens with zero attached hydrogens (tertiary/aromatic N) is 1. The van der Waals surface area contributed by atoms with Crippen LogP contribution >= 0.6 is 15.9 Å². The topological polar surface area (TPSA) is 82.0 Å². The summed E-state index contributed by atoms with van der Waals surface area (Å²) in [5.74, 6) is 0. The van der Waals surface area contributed by atoms with Crippen LogP contribution in [0.2, 0.25) is 0 Å². The molecule has 0 saturated heterocycles. The number of hydrogen-bond acceptors (Lipinski definition) is 3. The van der Waals surface area contributed by atoms with Crippen molar-refractivity contribution in [3.8, 4) is 6.07 Å². The molecule has 0 aliphatic carbocycles. The summed E-state index contributed by atoms with van der Waals surface area (Å²) in [4.78, 5) is 0. The van der Waals surface area contributed by atoms with Gasteiger partial charge in [-0.1, -0.05) is 0 Å². The van der Waals surface area contributed by atoms with Gasteiger partial charge in [-0.05, 0) is 34.1 Å². The Bertz CT molecular complexity index is 610. The van der Waals surface area contributed by atoms with E-state index in [0.717, 1.165) is 0 Å². The Morgan fingerprint density at radius 1 is 1.37 bits per heavy atom. The van der Waals surface area contributed by atoms with Crippen LogP contribution in [0.4, 0.5) is 18.9 Å². The Labute approximate surface area is 115 Å². The molecule has 104 valence electrons. The highest BCUT2D eigenvalue weighted by Gasteiger charge is 2.29. The molecule has 10 heteroatoms. The van der Waals surface area contributed by atoms with Crippen LogP contribution in [-0.4, -0.2) is 21.1 Å². The van der Waals surface area contributed by atoms with Gasteiger partial charge in [-0.25, -0.2) is 0 Å². The minimum absolute atomic E-state index is 0.0219. The van der Waals surface area contributed by atoms with Gasteiger partial charge in [0, 0.05) is 4.47 Å². The van der Waals surface area contributed by atoms with Crippen molar-refractivity contribution >= 4 is 31.8 Å². The van der Waals surface area contributed by atoms with Gasteiger partial charge in [0.1, 0.15) is 6.54 Å². The molecular formula is C9H7BrF3N3O2S. The third kappa shape index (κ3) is 5.46. The molecule has 0 radical (unpaired) electrons. The zero-order valence-corrected chi connectivity index (χ0v) is 11.5.